The summed E-state index contributed by atoms with van der Waals surface area (Å²) in [6.07, 6.45) is 4.73. The monoisotopic (exact) mass is 200 g/mol. The fourth-order valence-corrected chi connectivity index (χ4v) is 1.93. The molecule has 4 heteroatoms. The molecular formula is C9H16N2OS. The van der Waals surface area contributed by atoms with Gasteiger partial charge in [0.1, 0.15) is 5.82 Å². The fourth-order valence-electron chi connectivity index (χ4n) is 1.07. The van der Waals surface area contributed by atoms with Gasteiger partial charge in [-0.2, -0.15) is 11.8 Å². The number of rotatable bonds is 6. The molecule has 1 rings (SSSR count). The number of aromatic nitrogens is 2. The van der Waals surface area contributed by atoms with Crippen molar-refractivity contribution in [3.05, 3.63) is 18.2 Å². The third-order valence-electron chi connectivity index (χ3n) is 1.85. The summed E-state index contributed by atoms with van der Waals surface area (Å²) in [7, 11) is 0. The molecule has 0 unspecified atom stereocenters. The molecule has 0 aliphatic carbocycles. The first-order chi connectivity index (χ1) is 6.34. The highest BCUT2D eigenvalue weighted by atomic mass is 32.2. The lowest BCUT2D eigenvalue weighted by atomic mass is 10.5. The molecule has 0 saturated carbocycles. The zero-order valence-electron chi connectivity index (χ0n) is 7.94. The van der Waals surface area contributed by atoms with Gasteiger partial charge in [0, 0.05) is 31.3 Å². The molecule has 0 fully saturated rings. The molecule has 0 bridgehead atoms. The standard InChI is InChI=1S/C9H16N2OS/c1-9-10-3-4-11(9)5-8-13-7-2-6-12/h3-4,12H,2,5-8H2,1H3. The van der Waals surface area contributed by atoms with Crippen LogP contribution < -0.4 is 0 Å². The van der Waals surface area contributed by atoms with Crippen LogP contribution in [0.4, 0.5) is 0 Å². The third kappa shape index (κ3) is 3.83. The molecule has 13 heavy (non-hydrogen) atoms. The normalized spacial score (nSPS) is 10.6. The lowest BCUT2D eigenvalue weighted by Gasteiger charge is -2.03. The second kappa shape index (κ2) is 6.05. The molecule has 74 valence electrons. The van der Waals surface area contributed by atoms with Crippen LogP contribution in [0.2, 0.25) is 0 Å². The maximum atomic E-state index is 8.57. The molecule has 0 amide bonds. The Bertz CT molecular complexity index is 237. The van der Waals surface area contributed by atoms with E-state index < -0.39 is 0 Å². The van der Waals surface area contributed by atoms with Crippen molar-refractivity contribution in [2.45, 2.75) is 19.9 Å². The zero-order chi connectivity index (χ0) is 9.52. The van der Waals surface area contributed by atoms with E-state index in [9.17, 15) is 0 Å². The van der Waals surface area contributed by atoms with Crippen molar-refractivity contribution >= 4 is 11.8 Å². The molecular weight excluding hydrogens is 184 g/mol. The highest BCUT2D eigenvalue weighted by Crippen LogP contribution is 2.04. The quantitative estimate of drug-likeness (QED) is 0.704. The number of hydrogen-bond acceptors (Lipinski definition) is 3. The topological polar surface area (TPSA) is 38.0 Å². The summed E-state index contributed by atoms with van der Waals surface area (Å²) in [5.74, 6) is 3.21. The van der Waals surface area contributed by atoms with Gasteiger partial charge in [-0.15, -0.1) is 0 Å². The van der Waals surface area contributed by atoms with Crippen LogP contribution in [0.5, 0.6) is 0 Å². The molecule has 0 spiro atoms. The van der Waals surface area contributed by atoms with E-state index in [1.165, 1.54) is 0 Å². The zero-order valence-corrected chi connectivity index (χ0v) is 8.76. The van der Waals surface area contributed by atoms with Gasteiger partial charge in [0.05, 0.1) is 0 Å². The van der Waals surface area contributed by atoms with Gasteiger partial charge in [-0.05, 0) is 19.1 Å². The Labute approximate surface area is 83.2 Å². The van der Waals surface area contributed by atoms with Crippen LogP contribution >= 0.6 is 11.8 Å². The number of aliphatic hydroxyl groups is 1. The summed E-state index contributed by atoms with van der Waals surface area (Å²) in [6, 6.07) is 0. The predicted molar refractivity (Wildman–Crippen MR) is 56.0 cm³/mol. The minimum absolute atomic E-state index is 0.303. The molecule has 1 aromatic rings. The smallest absolute Gasteiger partial charge is 0.105 e. The molecule has 0 aromatic carbocycles. The summed E-state index contributed by atoms with van der Waals surface area (Å²) < 4.78 is 2.14. The number of aryl methyl sites for hydroxylation is 2. The van der Waals surface area contributed by atoms with Crippen molar-refractivity contribution in [2.75, 3.05) is 18.1 Å². The molecule has 1 N–H and O–H groups in total. The Morgan fingerprint density at radius 3 is 3.00 bits per heavy atom. The Kier molecular flexibility index (Phi) is 4.93. The van der Waals surface area contributed by atoms with Crippen molar-refractivity contribution in [1.29, 1.82) is 0 Å². The number of aliphatic hydroxyl groups excluding tert-OH is 1. The average molecular weight is 200 g/mol. The van der Waals surface area contributed by atoms with E-state index in [2.05, 4.69) is 9.55 Å². The maximum absolute atomic E-state index is 8.57. The van der Waals surface area contributed by atoms with Crippen LogP contribution in [0.25, 0.3) is 0 Å². The second-order valence-electron chi connectivity index (χ2n) is 2.86. The van der Waals surface area contributed by atoms with E-state index in [-0.39, 0.29) is 0 Å². The first kappa shape index (κ1) is 10.6. The number of thioether (sulfide) groups is 1. The minimum Gasteiger partial charge on any atom is -0.396 e. The lowest BCUT2D eigenvalue weighted by Crippen LogP contribution is -2.02. The van der Waals surface area contributed by atoms with Crippen LogP contribution in [0.3, 0.4) is 0 Å². The summed E-state index contributed by atoms with van der Waals surface area (Å²) in [6.45, 7) is 3.33. The molecule has 0 atom stereocenters. The first-order valence-electron chi connectivity index (χ1n) is 4.51. The van der Waals surface area contributed by atoms with Gasteiger partial charge in [-0.25, -0.2) is 4.98 Å². The highest BCUT2D eigenvalue weighted by molar-refractivity contribution is 7.99. The summed E-state index contributed by atoms with van der Waals surface area (Å²) in [5.41, 5.74) is 0. The molecule has 3 nitrogen and oxygen atoms in total. The van der Waals surface area contributed by atoms with Crippen LogP contribution in [0, 0.1) is 6.92 Å². The second-order valence-corrected chi connectivity index (χ2v) is 4.08. The van der Waals surface area contributed by atoms with Crippen LogP contribution in [-0.4, -0.2) is 32.8 Å². The molecule has 0 saturated heterocycles. The van der Waals surface area contributed by atoms with E-state index >= 15 is 0 Å². The average Bonchev–Trinajstić information content (AvgIpc) is 2.52. The molecule has 0 radical (unpaired) electrons. The molecule has 0 aliphatic heterocycles. The van der Waals surface area contributed by atoms with E-state index in [0.717, 1.165) is 30.3 Å². The van der Waals surface area contributed by atoms with Crippen molar-refractivity contribution in [1.82, 2.24) is 9.55 Å². The van der Waals surface area contributed by atoms with Crippen LogP contribution in [-0.2, 0) is 6.54 Å². The predicted octanol–water partition coefficient (Wildman–Crippen LogP) is 1.31. The molecule has 1 aromatic heterocycles. The lowest BCUT2D eigenvalue weighted by molar-refractivity contribution is 0.296. The van der Waals surface area contributed by atoms with Crippen molar-refractivity contribution in [3.8, 4) is 0 Å². The minimum atomic E-state index is 0.303. The van der Waals surface area contributed by atoms with Crippen molar-refractivity contribution in [3.63, 3.8) is 0 Å². The van der Waals surface area contributed by atoms with Gasteiger partial charge in [-0.3, -0.25) is 0 Å². The Morgan fingerprint density at radius 2 is 2.38 bits per heavy atom. The summed E-state index contributed by atoms with van der Waals surface area (Å²) in [4.78, 5) is 4.15. The number of nitrogens with zero attached hydrogens (tertiary/aromatic N) is 2. The van der Waals surface area contributed by atoms with Crippen LogP contribution in [0.15, 0.2) is 12.4 Å². The van der Waals surface area contributed by atoms with E-state index in [1.807, 2.05) is 31.1 Å². The largest absolute Gasteiger partial charge is 0.396 e. The van der Waals surface area contributed by atoms with E-state index in [1.54, 1.807) is 0 Å². The maximum Gasteiger partial charge on any atom is 0.105 e. The molecule has 0 aliphatic rings. The Morgan fingerprint density at radius 1 is 1.54 bits per heavy atom. The Balaban J connectivity index is 2.10. The van der Waals surface area contributed by atoms with Crippen molar-refractivity contribution in [2.24, 2.45) is 0 Å². The SMILES string of the molecule is Cc1nccn1CCSCCCO. The molecule has 1 heterocycles. The van der Waals surface area contributed by atoms with Gasteiger partial charge in [0.25, 0.3) is 0 Å². The van der Waals surface area contributed by atoms with Crippen molar-refractivity contribution < 1.29 is 5.11 Å². The summed E-state index contributed by atoms with van der Waals surface area (Å²) in [5, 5.41) is 8.57. The Hall–Kier alpha value is -0.480. The number of imidazole rings is 1. The van der Waals surface area contributed by atoms with Crippen LogP contribution in [0.1, 0.15) is 12.2 Å². The van der Waals surface area contributed by atoms with Gasteiger partial charge >= 0.3 is 0 Å². The fraction of sp³-hybridized carbons (Fsp3) is 0.667. The van der Waals surface area contributed by atoms with Gasteiger partial charge < -0.3 is 9.67 Å². The highest BCUT2D eigenvalue weighted by Gasteiger charge is 1.95. The van der Waals surface area contributed by atoms with Gasteiger partial charge in [0.15, 0.2) is 0 Å². The van der Waals surface area contributed by atoms with Gasteiger partial charge in [-0.1, -0.05) is 0 Å². The first-order valence-corrected chi connectivity index (χ1v) is 5.66. The summed E-state index contributed by atoms with van der Waals surface area (Å²) >= 11 is 1.88. The third-order valence-corrected chi connectivity index (χ3v) is 2.90. The van der Waals surface area contributed by atoms with E-state index in [0.29, 0.717) is 6.61 Å². The number of hydrogen-bond donors (Lipinski definition) is 1. The van der Waals surface area contributed by atoms with Gasteiger partial charge in [0.2, 0.25) is 0 Å². The van der Waals surface area contributed by atoms with E-state index in [4.69, 9.17) is 5.11 Å².